The second kappa shape index (κ2) is 7.93. The Morgan fingerprint density at radius 2 is 2.04 bits per heavy atom. The van der Waals surface area contributed by atoms with Crippen LogP contribution in [0.2, 0.25) is 0 Å². The van der Waals surface area contributed by atoms with E-state index in [0.29, 0.717) is 31.7 Å². The number of nitrogens with one attached hydrogen (secondary N) is 1. The smallest absolute Gasteiger partial charge is 0.239 e. The van der Waals surface area contributed by atoms with Gasteiger partial charge >= 0.3 is 0 Å². The molecule has 1 aromatic rings. The van der Waals surface area contributed by atoms with Gasteiger partial charge in [-0.2, -0.15) is 0 Å². The van der Waals surface area contributed by atoms with Crippen LogP contribution in [-0.2, 0) is 16.1 Å². The molecule has 0 radical (unpaired) electrons. The molecular weight excluding hydrogens is 288 g/mol. The summed E-state index contributed by atoms with van der Waals surface area (Å²) in [4.78, 5) is 14.4. The lowest BCUT2D eigenvalue weighted by Gasteiger charge is -2.24. The molecule has 1 heterocycles. The van der Waals surface area contributed by atoms with E-state index >= 15 is 0 Å². The number of carbonyl (C=O) groups is 1. The van der Waals surface area contributed by atoms with Crippen molar-refractivity contribution in [1.82, 2.24) is 10.2 Å². The Kier molecular flexibility index (Phi) is 5.68. The molecule has 0 spiro atoms. The summed E-state index contributed by atoms with van der Waals surface area (Å²) >= 11 is 0. The maximum Gasteiger partial charge on any atom is 0.239 e. The predicted octanol–water partition coefficient (Wildman–Crippen LogP) is 2.58. The fourth-order valence-electron chi connectivity index (χ4n) is 3.85. The van der Waals surface area contributed by atoms with Gasteiger partial charge in [0.2, 0.25) is 5.91 Å². The van der Waals surface area contributed by atoms with Crippen LogP contribution >= 0.6 is 0 Å². The SMILES string of the molecule is CN(CCOCc1ccccc1)C(=O)C1CC2CCCCC2N1. The zero-order chi connectivity index (χ0) is 16.1. The second-order valence-electron chi connectivity index (χ2n) is 6.90. The standard InChI is InChI=1S/C19H28N2O2/c1-21(11-12-23-14-15-7-3-2-4-8-15)19(22)18-13-16-9-5-6-10-17(16)20-18/h2-4,7-8,16-18,20H,5-6,9-14H2,1H3. The minimum atomic E-state index is 0.0159. The van der Waals surface area contributed by atoms with Crippen LogP contribution in [0, 0.1) is 5.92 Å². The number of nitrogens with zero attached hydrogens (tertiary/aromatic N) is 1. The van der Waals surface area contributed by atoms with Crippen LogP contribution in [0.25, 0.3) is 0 Å². The molecule has 1 saturated heterocycles. The first-order valence-electron chi connectivity index (χ1n) is 8.87. The van der Waals surface area contributed by atoms with Gasteiger partial charge in [0.15, 0.2) is 0 Å². The molecule has 2 aliphatic rings. The highest BCUT2D eigenvalue weighted by atomic mass is 16.5. The third-order valence-corrected chi connectivity index (χ3v) is 5.22. The average Bonchev–Trinajstić information content (AvgIpc) is 3.03. The van der Waals surface area contributed by atoms with Crippen molar-refractivity contribution in [3.8, 4) is 0 Å². The van der Waals surface area contributed by atoms with Gasteiger partial charge in [-0.3, -0.25) is 4.79 Å². The number of benzene rings is 1. The largest absolute Gasteiger partial charge is 0.375 e. The fourth-order valence-corrected chi connectivity index (χ4v) is 3.85. The van der Waals surface area contributed by atoms with Crippen LogP contribution in [0.4, 0.5) is 0 Å². The van der Waals surface area contributed by atoms with E-state index in [0.717, 1.165) is 6.42 Å². The molecule has 126 valence electrons. The average molecular weight is 316 g/mol. The highest BCUT2D eigenvalue weighted by Crippen LogP contribution is 2.33. The van der Waals surface area contributed by atoms with E-state index in [1.165, 1.54) is 31.2 Å². The van der Waals surface area contributed by atoms with Crippen molar-refractivity contribution in [3.63, 3.8) is 0 Å². The quantitative estimate of drug-likeness (QED) is 0.820. The summed E-state index contributed by atoms with van der Waals surface area (Å²) in [6, 6.07) is 10.7. The van der Waals surface area contributed by atoms with Crippen LogP contribution < -0.4 is 5.32 Å². The Bertz CT molecular complexity index is 491. The molecule has 2 fully saturated rings. The van der Waals surface area contributed by atoms with E-state index in [1.807, 2.05) is 30.1 Å². The molecule has 4 heteroatoms. The van der Waals surface area contributed by atoms with E-state index in [4.69, 9.17) is 4.74 Å². The number of hydrogen-bond donors (Lipinski definition) is 1. The van der Waals surface area contributed by atoms with E-state index in [2.05, 4.69) is 17.4 Å². The Hall–Kier alpha value is -1.39. The first-order valence-corrected chi connectivity index (χ1v) is 8.87. The number of fused-ring (bicyclic) bond motifs is 1. The predicted molar refractivity (Wildman–Crippen MR) is 91.0 cm³/mol. The molecule has 1 amide bonds. The van der Waals surface area contributed by atoms with Gasteiger partial charge in [-0.25, -0.2) is 0 Å². The lowest BCUT2D eigenvalue weighted by Crippen LogP contribution is -2.44. The van der Waals surface area contributed by atoms with Gasteiger partial charge in [0.25, 0.3) is 0 Å². The molecule has 3 unspecified atom stereocenters. The summed E-state index contributed by atoms with van der Waals surface area (Å²) in [6.07, 6.45) is 6.16. The van der Waals surface area contributed by atoms with Crippen molar-refractivity contribution in [1.29, 1.82) is 0 Å². The van der Waals surface area contributed by atoms with Gasteiger partial charge in [0.05, 0.1) is 19.3 Å². The van der Waals surface area contributed by atoms with Crippen molar-refractivity contribution in [3.05, 3.63) is 35.9 Å². The number of carbonyl (C=O) groups excluding carboxylic acids is 1. The summed E-state index contributed by atoms with van der Waals surface area (Å²) in [5.41, 5.74) is 1.17. The van der Waals surface area contributed by atoms with Gasteiger partial charge in [-0.05, 0) is 30.7 Å². The molecule has 1 aromatic carbocycles. The molecule has 1 N–H and O–H groups in total. The topological polar surface area (TPSA) is 41.6 Å². The van der Waals surface area contributed by atoms with Gasteiger partial charge in [-0.1, -0.05) is 43.2 Å². The molecular formula is C19H28N2O2. The Morgan fingerprint density at radius 3 is 2.83 bits per heavy atom. The molecule has 23 heavy (non-hydrogen) atoms. The molecule has 0 bridgehead atoms. The first kappa shape index (κ1) is 16.5. The van der Waals surface area contributed by atoms with E-state index in [1.54, 1.807) is 0 Å². The summed E-state index contributed by atoms with van der Waals surface area (Å²) in [7, 11) is 1.89. The number of likely N-dealkylation sites (N-methyl/N-ethyl adjacent to an activating group) is 1. The van der Waals surface area contributed by atoms with Crippen molar-refractivity contribution in [2.75, 3.05) is 20.2 Å². The van der Waals surface area contributed by atoms with Crippen LogP contribution in [0.1, 0.15) is 37.7 Å². The summed E-state index contributed by atoms with van der Waals surface area (Å²) in [5.74, 6) is 0.933. The number of amides is 1. The molecule has 1 aliphatic heterocycles. The monoisotopic (exact) mass is 316 g/mol. The summed E-state index contributed by atoms with van der Waals surface area (Å²) in [6.45, 7) is 1.84. The van der Waals surface area contributed by atoms with Crippen molar-refractivity contribution >= 4 is 5.91 Å². The highest BCUT2D eigenvalue weighted by Gasteiger charge is 2.38. The maximum atomic E-state index is 12.6. The number of rotatable bonds is 6. The Balaban J connectivity index is 1.38. The van der Waals surface area contributed by atoms with Gasteiger partial charge in [0, 0.05) is 19.6 Å². The van der Waals surface area contributed by atoms with Crippen LogP contribution in [0.15, 0.2) is 30.3 Å². The van der Waals surface area contributed by atoms with Gasteiger partial charge < -0.3 is 15.0 Å². The minimum Gasteiger partial charge on any atom is -0.375 e. The maximum absolute atomic E-state index is 12.6. The minimum absolute atomic E-state index is 0.0159. The lowest BCUT2D eigenvalue weighted by molar-refractivity contribution is -0.132. The van der Waals surface area contributed by atoms with Crippen molar-refractivity contribution < 1.29 is 9.53 Å². The Labute approximate surface area is 139 Å². The Morgan fingerprint density at radius 1 is 1.26 bits per heavy atom. The second-order valence-corrected chi connectivity index (χ2v) is 6.90. The fraction of sp³-hybridized carbons (Fsp3) is 0.632. The van der Waals surface area contributed by atoms with E-state index in [9.17, 15) is 4.79 Å². The first-order chi connectivity index (χ1) is 11.2. The molecule has 1 saturated carbocycles. The molecule has 3 atom stereocenters. The molecule has 3 rings (SSSR count). The zero-order valence-corrected chi connectivity index (χ0v) is 14.0. The highest BCUT2D eigenvalue weighted by molar-refractivity contribution is 5.82. The van der Waals surface area contributed by atoms with Crippen LogP contribution in [0.5, 0.6) is 0 Å². The van der Waals surface area contributed by atoms with E-state index in [-0.39, 0.29) is 11.9 Å². The molecule has 4 nitrogen and oxygen atoms in total. The number of hydrogen-bond acceptors (Lipinski definition) is 3. The van der Waals surface area contributed by atoms with Crippen LogP contribution in [-0.4, -0.2) is 43.1 Å². The van der Waals surface area contributed by atoms with Crippen LogP contribution in [0.3, 0.4) is 0 Å². The zero-order valence-electron chi connectivity index (χ0n) is 14.0. The lowest BCUT2D eigenvalue weighted by atomic mass is 9.85. The third-order valence-electron chi connectivity index (χ3n) is 5.22. The normalized spacial score (nSPS) is 26.7. The number of ether oxygens (including phenoxy) is 1. The van der Waals surface area contributed by atoms with Crippen molar-refractivity contribution in [2.24, 2.45) is 5.92 Å². The summed E-state index contributed by atoms with van der Waals surface area (Å²) in [5, 5.41) is 3.56. The molecule has 1 aliphatic carbocycles. The van der Waals surface area contributed by atoms with E-state index < -0.39 is 0 Å². The van der Waals surface area contributed by atoms with Gasteiger partial charge in [0.1, 0.15) is 0 Å². The molecule has 0 aromatic heterocycles. The summed E-state index contributed by atoms with van der Waals surface area (Å²) < 4.78 is 5.68. The van der Waals surface area contributed by atoms with Gasteiger partial charge in [-0.15, -0.1) is 0 Å². The third kappa shape index (κ3) is 4.33. The van der Waals surface area contributed by atoms with Crippen molar-refractivity contribution in [2.45, 2.75) is 50.8 Å².